The van der Waals surface area contributed by atoms with Gasteiger partial charge in [0.1, 0.15) is 24.2 Å². The number of aliphatic carboxylic acids is 1. The first-order chi connectivity index (χ1) is 21.8. The lowest BCUT2D eigenvalue weighted by Gasteiger charge is -2.29. The van der Waals surface area contributed by atoms with Gasteiger partial charge in [-0.2, -0.15) is 0 Å². The highest BCUT2D eigenvalue weighted by Crippen LogP contribution is 2.12. The van der Waals surface area contributed by atoms with E-state index in [2.05, 4.69) is 31.9 Å². The van der Waals surface area contributed by atoms with Gasteiger partial charge in [-0.05, 0) is 43.7 Å². The van der Waals surface area contributed by atoms with Gasteiger partial charge in [0.25, 0.3) is 0 Å². The number of guanidine groups is 1. The summed E-state index contributed by atoms with van der Waals surface area (Å²) in [6.07, 6.45) is 1.64. The second-order valence-electron chi connectivity index (χ2n) is 11.4. The lowest BCUT2D eigenvalue weighted by molar-refractivity contribution is -0.142. The summed E-state index contributed by atoms with van der Waals surface area (Å²) >= 11 is 0. The minimum absolute atomic E-state index is 0.0327. The number of primary amides is 1. The molecule has 0 aliphatic carbocycles. The number of hydrogen-bond donors (Lipinski definition) is 10. The SMILES string of the molecule is CC[C@H](C)[C@H](NC(=O)[C@H](Cc1ccccc1)NC(=O)[C@@H]1CCCN1)C(=O)N[C@@H](CC(N)=O)C(=O)N[C@@H](CCCNC(=N)N)C(=O)O. The van der Waals surface area contributed by atoms with Crippen LogP contribution in [0.25, 0.3) is 0 Å². The minimum atomic E-state index is -1.53. The van der Waals surface area contributed by atoms with Gasteiger partial charge in [0, 0.05) is 13.0 Å². The average Bonchev–Trinajstić information content (AvgIpc) is 3.55. The zero-order valence-electron chi connectivity index (χ0n) is 26.3. The van der Waals surface area contributed by atoms with Crippen LogP contribution in [-0.2, 0) is 35.2 Å². The molecule has 1 aliphatic rings. The first-order valence-corrected chi connectivity index (χ1v) is 15.4. The third-order valence-corrected chi connectivity index (χ3v) is 7.72. The quantitative estimate of drug-likeness (QED) is 0.0457. The molecule has 1 saturated heterocycles. The van der Waals surface area contributed by atoms with Gasteiger partial charge < -0.3 is 48.5 Å². The van der Waals surface area contributed by atoms with E-state index in [9.17, 15) is 33.9 Å². The van der Waals surface area contributed by atoms with Crippen LogP contribution >= 0.6 is 0 Å². The van der Waals surface area contributed by atoms with Crippen molar-refractivity contribution in [3.05, 3.63) is 35.9 Å². The molecule has 0 bridgehead atoms. The van der Waals surface area contributed by atoms with Gasteiger partial charge in [0.15, 0.2) is 5.96 Å². The van der Waals surface area contributed by atoms with Crippen molar-refractivity contribution in [2.75, 3.05) is 13.1 Å². The molecule has 254 valence electrons. The fourth-order valence-corrected chi connectivity index (χ4v) is 4.93. The van der Waals surface area contributed by atoms with Crippen LogP contribution in [0.2, 0.25) is 0 Å². The topological polar surface area (TPSA) is 271 Å². The molecule has 12 N–H and O–H groups in total. The Morgan fingerprint density at radius 3 is 2.17 bits per heavy atom. The minimum Gasteiger partial charge on any atom is -0.480 e. The largest absolute Gasteiger partial charge is 0.480 e. The predicted octanol–water partition coefficient (Wildman–Crippen LogP) is -1.81. The Labute approximate surface area is 268 Å². The first kappa shape index (κ1) is 37.5. The monoisotopic (exact) mass is 645 g/mol. The number of rotatable bonds is 19. The Morgan fingerprint density at radius 1 is 0.957 bits per heavy atom. The lowest BCUT2D eigenvalue weighted by Crippen LogP contribution is -2.60. The summed E-state index contributed by atoms with van der Waals surface area (Å²) in [6, 6.07) is 3.55. The molecule has 0 saturated carbocycles. The number of carbonyl (C=O) groups excluding carboxylic acids is 5. The van der Waals surface area contributed by atoms with E-state index in [4.69, 9.17) is 16.9 Å². The molecule has 0 spiro atoms. The van der Waals surface area contributed by atoms with Crippen molar-refractivity contribution in [2.45, 2.75) is 89.0 Å². The van der Waals surface area contributed by atoms with E-state index in [1.54, 1.807) is 13.8 Å². The molecule has 1 heterocycles. The molecular formula is C30H47N9O7. The van der Waals surface area contributed by atoms with Crippen molar-refractivity contribution in [3.63, 3.8) is 0 Å². The molecule has 1 fully saturated rings. The summed E-state index contributed by atoms with van der Waals surface area (Å²) < 4.78 is 0. The van der Waals surface area contributed by atoms with E-state index in [0.717, 1.165) is 12.0 Å². The van der Waals surface area contributed by atoms with Crippen LogP contribution in [0, 0.1) is 11.3 Å². The highest BCUT2D eigenvalue weighted by molar-refractivity contribution is 5.97. The molecule has 1 aliphatic heterocycles. The van der Waals surface area contributed by atoms with E-state index >= 15 is 0 Å². The number of nitrogens with one attached hydrogen (secondary N) is 7. The Hall–Kier alpha value is -4.73. The standard InChI is InChI=1S/C30H47N9O7/c1-3-17(2)24(39-27(43)21(15-18-9-5-4-6-10-18)37-25(41)19-11-7-13-34-19)28(44)38-22(16-23(31)40)26(42)36-20(29(45)46)12-8-14-35-30(32)33/h4-6,9-10,17,19-22,24,34H,3,7-8,11-16H2,1-2H3,(H2,31,40)(H,36,42)(H,37,41)(H,38,44)(H,39,43)(H,45,46)(H4,32,33,35)/t17-,19-,20-,21-,22-,24-/m0/s1. The Kier molecular flexibility index (Phi) is 15.4. The molecule has 16 nitrogen and oxygen atoms in total. The number of hydrogen-bond acceptors (Lipinski definition) is 8. The molecule has 0 radical (unpaired) electrons. The summed E-state index contributed by atoms with van der Waals surface area (Å²) in [4.78, 5) is 76.9. The summed E-state index contributed by atoms with van der Waals surface area (Å²) in [5, 5.41) is 32.7. The molecule has 46 heavy (non-hydrogen) atoms. The molecule has 2 rings (SSSR count). The van der Waals surface area contributed by atoms with Crippen LogP contribution < -0.4 is 43.4 Å². The molecule has 0 unspecified atom stereocenters. The van der Waals surface area contributed by atoms with Crippen LogP contribution in [0.1, 0.15) is 57.9 Å². The lowest BCUT2D eigenvalue weighted by atomic mass is 9.96. The second-order valence-corrected chi connectivity index (χ2v) is 11.4. The van der Waals surface area contributed by atoms with Crippen molar-refractivity contribution in [2.24, 2.45) is 17.4 Å². The normalized spacial score (nSPS) is 17.3. The Morgan fingerprint density at radius 2 is 1.61 bits per heavy atom. The van der Waals surface area contributed by atoms with E-state index < -0.39 is 72.1 Å². The smallest absolute Gasteiger partial charge is 0.326 e. The molecular weight excluding hydrogens is 598 g/mol. The fourth-order valence-electron chi connectivity index (χ4n) is 4.93. The average molecular weight is 646 g/mol. The van der Waals surface area contributed by atoms with Crippen LogP contribution in [0.4, 0.5) is 0 Å². The van der Waals surface area contributed by atoms with Crippen LogP contribution in [-0.4, -0.2) is 89.9 Å². The number of carboxylic acid groups (broad SMARTS) is 1. The molecule has 1 aromatic rings. The first-order valence-electron chi connectivity index (χ1n) is 15.4. The Balaban J connectivity index is 2.21. The second kappa shape index (κ2) is 18.9. The van der Waals surface area contributed by atoms with Gasteiger partial charge >= 0.3 is 5.97 Å². The number of carboxylic acids is 1. The summed E-state index contributed by atoms with van der Waals surface area (Å²) in [6.45, 7) is 4.40. The van der Waals surface area contributed by atoms with E-state index in [-0.39, 0.29) is 37.7 Å². The van der Waals surface area contributed by atoms with Crippen LogP contribution in [0.5, 0.6) is 0 Å². The molecule has 1 aromatic carbocycles. The summed E-state index contributed by atoms with van der Waals surface area (Å²) in [5.74, 6) is -5.68. The van der Waals surface area contributed by atoms with Gasteiger partial charge in [-0.25, -0.2) is 4.79 Å². The number of carbonyl (C=O) groups is 6. The molecule has 5 amide bonds. The van der Waals surface area contributed by atoms with Gasteiger partial charge in [-0.3, -0.25) is 29.4 Å². The highest BCUT2D eigenvalue weighted by atomic mass is 16.4. The van der Waals surface area contributed by atoms with Crippen molar-refractivity contribution >= 4 is 41.5 Å². The van der Waals surface area contributed by atoms with Gasteiger partial charge in [-0.1, -0.05) is 50.6 Å². The summed E-state index contributed by atoms with van der Waals surface area (Å²) in [5.41, 5.74) is 11.3. The maximum Gasteiger partial charge on any atom is 0.326 e. The maximum atomic E-state index is 13.6. The molecule has 0 aromatic heterocycles. The Bertz CT molecular complexity index is 1220. The van der Waals surface area contributed by atoms with E-state index in [1.807, 2.05) is 30.3 Å². The number of benzene rings is 1. The zero-order chi connectivity index (χ0) is 34.2. The van der Waals surface area contributed by atoms with Crippen LogP contribution in [0.15, 0.2) is 30.3 Å². The summed E-state index contributed by atoms with van der Waals surface area (Å²) in [7, 11) is 0. The molecule has 16 heteroatoms. The van der Waals surface area contributed by atoms with Crippen molar-refractivity contribution < 1.29 is 33.9 Å². The zero-order valence-corrected chi connectivity index (χ0v) is 26.3. The third-order valence-electron chi connectivity index (χ3n) is 7.72. The van der Waals surface area contributed by atoms with Gasteiger partial charge in [0.05, 0.1) is 12.5 Å². The van der Waals surface area contributed by atoms with Crippen molar-refractivity contribution in [1.29, 1.82) is 5.41 Å². The third kappa shape index (κ3) is 12.7. The van der Waals surface area contributed by atoms with Crippen molar-refractivity contribution in [3.8, 4) is 0 Å². The predicted molar refractivity (Wildman–Crippen MR) is 169 cm³/mol. The van der Waals surface area contributed by atoms with Gasteiger partial charge in [0.2, 0.25) is 29.5 Å². The van der Waals surface area contributed by atoms with E-state index in [1.165, 1.54) is 0 Å². The maximum absolute atomic E-state index is 13.6. The number of nitrogens with two attached hydrogens (primary N) is 2. The van der Waals surface area contributed by atoms with Crippen molar-refractivity contribution in [1.82, 2.24) is 31.9 Å². The highest BCUT2D eigenvalue weighted by Gasteiger charge is 2.35. The number of amides is 5. The fraction of sp³-hybridized carbons (Fsp3) is 0.567. The molecule has 6 atom stereocenters. The van der Waals surface area contributed by atoms with Gasteiger partial charge in [-0.15, -0.1) is 0 Å². The van der Waals surface area contributed by atoms with Crippen LogP contribution in [0.3, 0.4) is 0 Å². The van der Waals surface area contributed by atoms with E-state index in [0.29, 0.717) is 19.4 Å².